The Hall–Kier alpha value is -2.20. The van der Waals surface area contributed by atoms with E-state index in [0.717, 1.165) is 12.8 Å². The van der Waals surface area contributed by atoms with Gasteiger partial charge in [0.1, 0.15) is 6.54 Å². The van der Waals surface area contributed by atoms with Crippen molar-refractivity contribution in [3.8, 4) is 5.75 Å². The van der Waals surface area contributed by atoms with E-state index >= 15 is 0 Å². The third-order valence-corrected chi connectivity index (χ3v) is 9.00. The quantitative estimate of drug-likeness (QED) is 0.422. The number of urea groups is 1. The summed E-state index contributed by atoms with van der Waals surface area (Å²) in [5.74, 6) is -0.0635. The third-order valence-electron chi connectivity index (χ3n) is 6.53. The van der Waals surface area contributed by atoms with E-state index in [1.807, 2.05) is 6.92 Å². The van der Waals surface area contributed by atoms with Crippen molar-refractivity contribution in [1.29, 1.82) is 0 Å². The van der Waals surface area contributed by atoms with E-state index in [4.69, 9.17) is 4.74 Å². The van der Waals surface area contributed by atoms with Crippen LogP contribution in [0.25, 0.3) is 0 Å². The van der Waals surface area contributed by atoms with Crippen LogP contribution in [-0.2, 0) is 14.8 Å². The van der Waals surface area contributed by atoms with Crippen LogP contribution in [0.3, 0.4) is 0 Å². The minimum absolute atomic E-state index is 0.0654. The Morgan fingerprint density at radius 3 is 2.69 bits per heavy atom. The standard InChI is InChI=1S/C22H30FN3O5S/c1-15(17-7-8-19(23)20(12-17)31-14-16-5-6-16)26-11-9-18(32(26,29)30)4-2-3-10-25-13-21(27)24-22(25)28/h7-8,12,15-16,18H,2-6,9-11,13-14H2,1H3,(H,24,27,28)/t15-,18?/m1/s1. The number of carbonyl (C=O) groups is 2. The number of unbranched alkanes of at least 4 members (excludes halogenated alkanes) is 1. The molecule has 10 heteroatoms. The number of rotatable bonds is 10. The molecule has 4 rings (SSSR count). The van der Waals surface area contributed by atoms with Crippen LogP contribution in [-0.4, -0.2) is 61.1 Å². The third kappa shape index (κ3) is 5.06. The van der Waals surface area contributed by atoms with Crippen LogP contribution in [0, 0.1) is 11.7 Å². The minimum Gasteiger partial charge on any atom is -0.490 e. The Balaban J connectivity index is 1.32. The molecule has 1 unspecified atom stereocenters. The van der Waals surface area contributed by atoms with Crippen LogP contribution in [0.4, 0.5) is 9.18 Å². The Kier molecular flexibility index (Phi) is 6.71. The zero-order chi connectivity index (χ0) is 22.9. The first-order valence-corrected chi connectivity index (χ1v) is 12.8. The Morgan fingerprint density at radius 2 is 2.00 bits per heavy atom. The highest BCUT2D eigenvalue weighted by molar-refractivity contribution is 7.90. The lowest BCUT2D eigenvalue weighted by molar-refractivity contribution is -0.118. The highest BCUT2D eigenvalue weighted by Gasteiger charge is 2.41. The average Bonchev–Trinajstić information content (AvgIpc) is 3.45. The number of hydrogen-bond donors (Lipinski definition) is 1. The Bertz CT molecular complexity index is 982. The SMILES string of the molecule is C[C@H](c1ccc(F)c(OCC2CC2)c1)N1CCC(CCCCN2CC(=O)NC2=O)S1(=O)=O. The number of ether oxygens (including phenoxy) is 1. The van der Waals surface area contributed by atoms with Gasteiger partial charge in [-0.05, 0) is 62.6 Å². The zero-order valence-electron chi connectivity index (χ0n) is 18.3. The van der Waals surface area contributed by atoms with E-state index in [2.05, 4.69) is 5.32 Å². The van der Waals surface area contributed by atoms with Gasteiger partial charge < -0.3 is 9.64 Å². The average molecular weight is 468 g/mol. The van der Waals surface area contributed by atoms with Crippen LogP contribution in [0.1, 0.15) is 57.1 Å². The Morgan fingerprint density at radius 1 is 1.22 bits per heavy atom. The van der Waals surface area contributed by atoms with Gasteiger partial charge in [0, 0.05) is 19.1 Å². The molecule has 3 fully saturated rings. The topological polar surface area (TPSA) is 96.0 Å². The second-order valence-corrected chi connectivity index (χ2v) is 11.1. The lowest BCUT2D eigenvalue weighted by atomic mass is 10.1. The van der Waals surface area contributed by atoms with Crippen LogP contribution in [0.2, 0.25) is 0 Å². The summed E-state index contributed by atoms with van der Waals surface area (Å²) in [4.78, 5) is 24.2. The molecule has 0 aromatic heterocycles. The van der Waals surface area contributed by atoms with Crippen molar-refractivity contribution in [3.63, 3.8) is 0 Å². The first-order chi connectivity index (χ1) is 15.3. The summed E-state index contributed by atoms with van der Waals surface area (Å²) in [6, 6.07) is 3.78. The van der Waals surface area contributed by atoms with Gasteiger partial charge in [-0.15, -0.1) is 0 Å². The Labute approximate surface area is 188 Å². The van der Waals surface area contributed by atoms with Gasteiger partial charge in [0.05, 0.1) is 11.9 Å². The molecular weight excluding hydrogens is 437 g/mol. The number of nitrogens with one attached hydrogen (secondary N) is 1. The van der Waals surface area contributed by atoms with Crippen molar-refractivity contribution in [3.05, 3.63) is 29.6 Å². The normalized spacial score (nSPS) is 24.1. The smallest absolute Gasteiger partial charge is 0.324 e. The molecule has 2 saturated heterocycles. The van der Waals surface area contributed by atoms with Crippen molar-refractivity contribution in [1.82, 2.24) is 14.5 Å². The summed E-state index contributed by atoms with van der Waals surface area (Å²) in [5, 5.41) is 1.77. The lowest BCUT2D eigenvalue weighted by Crippen LogP contribution is -2.32. The summed E-state index contributed by atoms with van der Waals surface area (Å²) in [7, 11) is -3.48. The van der Waals surface area contributed by atoms with E-state index in [0.29, 0.717) is 56.9 Å². The highest BCUT2D eigenvalue weighted by Crippen LogP contribution is 2.36. The molecule has 1 aromatic rings. The largest absolute Gasteiger partial charge is 0.490 e. The van der Waals surface area contributed by atoms with Gasteiger partial charge >= 0.3 is 6.03 Å². The predicted octanol–water partition coefficient (Wildman–Crippen LogP) is 2.80. The van der Waals surface area contributed by atoms with Crippen molar-refractivity contribution in [2.45, 2.75) is 56.7 Å². The van der Waals surface area contributed by atoms with Gasteiger partial charge in [0.15, 0.2) is 11.6 Å². The number of sulfonamides is 1. The van der Waals surface area contributed by atoms with Crippen LogP contribution < -0.4 is 10.1 Å². The van der Waals surface area contributed by atoms with Gasteiger partial charge in [-0.1, -0.05) is 12.5 Å². The maximum Gasteiger partial charge on any atom is 0.324 e. The second-order valence-electron chi connectivity index (χ2n) is 8.96. The molecule has 1 aromatic carbocycles. The predicted molar refractivity (Wildman–Crippen MR) is 116 cm³/mol. The molecule has 2 heterocycles. The molecule has 32 heavy (non-hydrogen) atoms. The fraction of sp³-hybridized carbons (Fsp3) is 0.636. The maximum absolute atomic E-state index is 14.1. The number of amides is 3. The molecule has 2 atom stereocenters. The molecule has 1 aliphatic carbocycles. The van der Waals surface area contributed by atoms with E-state index in [1.165, 1.54) is 15.3 Å². The summed E-state index contributed by atoms with van der Waals surface area (Å²) >= 11 is 0. The van der Waals surface area contributed by atoms with Gasteiger partial charge in [-0.3, -0.25) is 10.1 Å². The fourth-order valence-corrected chi connectivity index (χ4v) is 6.51. The lowest BCUT2D eigenvalue weighted by Gasteiger charge is -2.25. The molecule has 2 aliphatic heterocycles. The summed E-state index contributed by atoms with van der Waals surface area (Å²) in [6.07, 6.45) is 4.56. The fourth-order valence-electron chi connectivity index (χ4n) is 4.33. The van der Waals surface area contributed by atoms with Crippen LogP contribution in [0.5, 0.6) is 5.75 Å². The number of nitrogens with zero attached hydrogens (tertiary/aromatic N) is 2. The molecule has 1 saturated carbocycles. The second kappa shape index (κ2) is 9.35. The molecule has 3 amide bonds. The number of carbonyl (C=O) groups excluding carboxylic acids is 2. The van der Waals surface area contributed by atoms with Crippen molar-refractivity contribution in [2.24, 2.45) is 5.92 Å². The van der Waals surface area contributed by atoms with Crippen LogP contribution in [0.15, 0.2) is 18.2 Å². The van der Waals surface area contributed by atoms with E-state index < -0.39 is 27.1 Å². The first kappa shape index (κ1) is 23.0. The van der Waals surface area contributed by atoms with Gasteiger partial charge in [0.25, 0.3) is 0 Å². The number of halogens is 1. The summed E-state index contributed by atoms with van der Waals surface area (Å²) in [5.41, 5.74) is 0.714. The van der Waals surface area contributed by atoms with Crippen molar-refractivity contribution in [2.75, 3.05) is 26.2 Å². The summed E-state index contributed by atoms with van der Waals surface area (Å²) in [6.45, 7) is 3.24. The van der Waals surface area contributed by atoms with E-state index in [-0.39, 0.29) is 24.2 Å². The molecule has 3 aliphatic rings. The molecule has 0 spiro atoms. The van der Waals surface area contributed by atoms with Crippen molar-refractivity contribution >= 4 is 22.0 Å². The minimum atomic E-state index is -3.48. The van der Waals surface area contributed by atoms with Crippen LogP contribution >= 0.6 is 0 Å². The number of benzene rings is 1. The van der Waals surface area contributed by atoms with Crippen molar-refractivity contribution < 1.29 is 27.1 Å². The monoisotopic (exact) mass is 467 g/mol. The van der Waals surface area contributed by atoms with E-state index in [9.17, 15) is 22.4 Å². The number of hydrogen-bond acceptors (Lipinski definition) is 5. The molecule has 8 nitrogen and oxygen atoms in total. The number of imide groups is 1. The molecule has 0 radical (unpaired) electrons. The zero-order valence-corrected chi connectivity index (χ0v) is 19.1. The van der Waals surface area contributed by atoms with Gasteiger partial charge in [-0.25, -0.2) is 17.6 Å². The van der Waals surface area contributed by atoms with E-state index in [1.54, 1.807) is 12.1 Å². The maximum atomic E-state index is 14.1. The first-order valence-electron chi connectivity index (χ1n) is 11.3. The molecule has 1 N–H and O–H groups in total. The van der Waals surface area contributed by atoms with Gasteiger partial charge in [-0.2, -0.15) is 4.31 Å². The molecular formula is C22H30FN3O5S. The molecule has 0 bridgehead atoms. The molecule has 176 valence electrons. The highest BCUT2D eigenvalue weighted by atomic mass is 32.2. The van der Waals surface area contributed by atoms with Gasteiger partial charge in [0.2, 0.25) is 15.9 Å². The summed E-state index contributed by atoms with van der Waals surface area (Å²) < 4.78 is 47.5.